The van der Waals surface area contributed by atoms with Crippen LogP contribution in [0.3, 0.4) is 0 Å². The van der Waals surface area contributed by atoms with E-state index in [4.69, 9.17) is 11.6 Å². The Balaban J connectivity index is 2.43. The zero-order valence-electron chi connectivity index (χ0n) is 8.57. The van der Waals surface area contributed by atoms with Crippen molar-refractivity contribution in [1.82, 2.24) is 4.98 Å². The Labute approximate surface area is 102 Å². The summed E-state index contributed by atoms with van der Waals surface area (Å²) >= 11 is 5.71. The molecule has 0 amide bonds. The molecule has 2 rings (SSSR count). The molecule has 1 aromatic heterocycles. The van der Waals surface area contributed by atoms with Crippen LogP contribution in [0.4, 0.5) is 8.78 Å². The molecule has 1 N–H and O–H groups in total. The molecule has 5 heteroatoms. The fraction of sp³-hybridized carbons (Fsp3) is 0.0833. The van der Waals surface area contributed by atoms with Gasteiger partial charge in [-0.3, -0.25) is 4.98 Å². The highest BCUT2D eigenvalue weighted by Gasteiger charge is 2.16. The van der Waals surface area contributed by atoms with E-state index in [0.717, 1.165) is 18.3 Å². The van der Waals surface area contributed by atoms with Crippen molar-refractivity contribution < 1.29 is 13.9 Å². The second-order valence-electron chi connectivity index (χ2n) is 3.50. The Morgan fingerprint density at radius 3 is 2.65 bits per heavy atom. The number of rotatable bonds is 2. The van der Waals surface area contributed by atoms with Crippen molar-refractivity contribution in [3.05, 3.63) is 64.4 Å². The van der Waals surface area contributed by atoms with Gasteiger partial charge in [-0.25, -0.2) is 8.78 Å². The van der Waals surface area contributed by atoms with Crippen LogP contribution < -0.4 is 0 Å². The van der Waals surface area contributed by atoms with Gasteiger partial charge in [-0.1, -0.05) is 11.6 Å². The zero-order valence-corrected chi connectivity index (χ0v) is 9.33. The van der Waals surface area contributed by atoms with Crippen molar-refractivity contribution in [2.75, 3.05) is 0 Å². The number of hydrogen-bond donors (Lipinski definition) is 1. The van der Waals surface area contributed by atoms with Crippen LogP contribution in [0.15, 0.2) is 36.7 Å². The SMILES string of the molecule is OC(c1cncc(F)c1)c1cc(Cl)ccc1F. The van der Waals surface area contributed by atoms with Crippen LogP contribution in [-0.2, 0) is 0 Å². The van der Waals surface area contributed by atoms with Crippen molar-refractivity contribution >= 4 is 11.6 Å². The molecular formula is C12H8ClF2NO. The van der Waals surface area contributed by atoms with Crippen LogP contribution in [0.1, 0.15) is 17.2 Å². The summed E-state index contributed by atoms with van der Waals surface area (Å²) in [5, 5.41) is 10.2. The maximum absolute atomic E-state index is 13.5. The zero-order chi connectivity index (χ0) is 12.4. The molecule has 0 spiro atoms. The summed E-state index contributed by atoms with van der Waals surface area (Å²) in [6.45, 7) is 0. The van der Waals surface area contributed by atoms with Crippen LogP contribution in [0, 0.1) is 11.6 Å². The van der Waals surface area contributed by atoms with Gasteiger partial charge in [0.25, 0.3) is 0 Å². The lowest BCUT2D eigenvalue weighted by molar-refractivity contribution is 0.214. The largest absolute Gasteiger partial charge is 0.383 e. The Hall–Kier alpha value is -1.52. The van der Waals surface area contributed by atoms with Crippen LogP contribution in [0.5, 0.6) is 0 Å². The minimum absolute atomic E-state index is 0.00935. The fourth-order valence-electron chi connectivity index (χ4n) is 1.48. The average molecular weight is 256 g/mol. The number of hydrogen-bond acceptors (Lipinski definition) is 2. The normalized spacial score (nSPS) is 12.5. The minimum atomic E-state index is -1.29. The van der Waals surface area contributed by atoms with E-state index in [1.807, 2.05) is 0 Å². The Bertz CT molecular complexity index is 548. The van der Waals surface area contributed by atoms with Gasteiger partial charge in [0, 0.05) is 22.3 Å². The standard InChI is InChI=1S/C12H8ClF2NO/c13-8-1-2-11(15)10(4-8)12(17)7-3-9(14)6-16-5-7/h1-6,12,17H. The summed E-state index contributed by atoms with van der Waals surface area (Å²) in [7, 11) is 0. The molecule has 0 fully saturated rings. The number of aliphatic hydroxyl groups is 1. The summed E-state index contributed by atoms with van der Waals surface area (Å²) in [4.78, 5) is 3.59. The first-order valence-electron chi connectivity index (χ1n) is 4.81. The molecule has 1 aromatic carbocycles. The number of aromatic nitrogens is 1. The third kappa shape index (κ3) is 2.60. The third-order valence-electron chi connectivity index (χ3n) is 2.29. The van der Waals surface area contributed by atoms with Crippen LogP contribution in [0.2, 0.25) is 5.02 Å². The first-order valence-corrected chi connectivity index (χ1v) is 5.19. The average Bonchev–Trinajstić information content (AvgIpc) is 2.31. The molecule has 1 atom stereocenters. The molecule has 0 aliphatic carbocycles. The maximum atomic E-state index is 13.5. The van der Waals surface area contributed by atoms with Crippen molar-refractivity contribution in [2.24, 2.45) is 0 Å². The van der Waals surface area contributed by atoms with E-state index >= 15 is 0 Å². The van der Waals surface area contributed by atoms with Crippen LogP contribution in [-0.4, -0.2) is 10.1 Å². The minimum Gasteiger partial charge on any atom is -0.383 e. The maximum Gasteiger partial charge on any atom is 0.141 e. The topological polar surface area (TPSA) is 33.1 Å². The van der Waals surface area contributed by atoms with E-state index in [9.17, 15) is 13.9 Å². The van der Waals surface area contributed by atoms with Crippen molar-refractivity contribution in [2.45, 2.75) is 6.10 Å². The van der Waals surface area contributed by atoms with Gasteiger partial charge in [-0.05, 0) is 24.3 Å². The lowest BCUT2D eigenvalue weighted by atomic mass is 10.0. The van der Waals surface area contributed by atoms with Crippen LogP contribution >= 0.6 is 11.6 Å². The van der Waals surface area contributed by atoms with Gasteiger partial charge in [0.1, 0.15) is 17.7 Å². The number of nitrogens with zero attached hydrogens (tertiary/aromatic N) is 1. The van der Waals surface area contributed by atoms with E-state index in [1.165, 1.54) is 18.3 Å². The molecule has 0 saturated carbocycles. The molecule has 2 nitrogen and oxygen atoms in total. The summed E-state index contributed by atoms with van der Waals surface area (Å²) in [6, 6.07) is 4.91. The predicted molar refractivity (Wildman–Crippen MR) is 59.7 cm³/mol. The summed E-state index contributed by atoms with van der Waals surface area (Å²) in [6.07, 6.45) is 0.982. The summed E-state index contributed by atoms with van der Waals surface area (Å²) in [5.74, 6) is -1.20. The molecule has 2 aromatic rings. The molecule has 1 unspecified atom stereocenters. The monoisotopic (exact) mass is 255 g/mol. The highest BCUT2D eigenvalue weighted by atomic mass is 35.5. The summed E-state index contributed by atoms with van der Waals surface area (Å²) < 4.78 is 26.4. The highest BCUT2D eigenvalue weighted by molar-refractivity contribution is 6.30. The van der Waals surface area contributed by atoms with Gasteiger partial charge in [-0.15, -0.1) is 0 Å². The quantitative estimate of drug-likeness (QED) is 0.895. The van der Waals surface area contributed by atoms with E-state index < -0.39 is 17.7 Å². The Morgan fingerprint density at radius 1 is 1.18 bits per heavy atom. The van der Waals surface area contributed by atoms with Gasteiger partial charge in [0.2, 0.25) is 0 Å². The van der Waals surface area contributed by atoms with Gasteiger partial charge < -0.3 is 5.11 Å². The third-order valence-corrected chi connectivity index (χ3v) is 2.53. The van der Waals surface area contributed by atoms with Gasteiger partial charge in [0.15, 0.2) is 0 Å². The molecule has 17 heavy (non-hydrogen) atoms. The molecule has 0 aliphatic heterocycles. The lowest BCUT2D eigenvalue weighted by Crippen LogP contribution is -2.03. The van der Waals surface area contributed by atoms with Gasteiger partial charge in [-0.2, -0.15) is 0 Å². The molecule has 88 valence electrons. The van der Waals surface area contributed by atoms with Crippen molar-refractivity contribution in [3.63, 3.8) is 0 Å². The molecule has 0 radical (unpaired) electrons. The molecule has 0 aliphatic rings. The Kier molecular flexibility index (Phi) is 3.36. The molecule has 0 bridgehead atoms. The van der Waals surface area contributed by atoms with Gasteiger partial charge in [0.05, 0.1) is 6.20 Å². The van der Waals surface area contributed by atoms with Crippen molar-refractivity contribution in [1.29, 1.82) is 0 Å². The van der Waals surface area contributed by atoms with E-state index in [0.29, 0.717) is 5.02 Å². The fourth-order valence-corrected chi connectivity index (χ4v) is 1.66. The lowest BCUT2D eigenvalue weighted by Gasteiger charge is -2.12. The van der Waals surface area contributed by atoms with E-state index in [-0.39, 0.29) is 11.1 Å². The van der Waals surface area contributed by atoms with Crippen molar-refractivity contribution in [3.8, 4) is 0 Å². The first-order chi connectivity index (χ1) is 8.08. The molecule has 1 heterocycles. The summed E-state index contributed by atoms with van der Waals surface area (Å²) in [5.41, 5.74) is 0.163. The number of benzene rings is 1. The number of aliphatic hydroxyl groups excluding tert-OH is 1. The molecular weight excluding hydrogens is 248 g/mol. The number of halogens is 3. The number of pyridine rings is 1. The van der Waals surface area contributed by atoms with E-state index in [2.05, 4.69) is 4.98 Å². The predicted octanol–water partition coefficient (Wildman–Crippen LogP) is 3.09. The van der Waals surface area contributed by atoms with E-state index in [1.54, 1.807) is 0 Å². The Morgan fingerprint density at radius 2 is 1.94 bits per heavy atom. The molecule has 0 saturated heterocycles. The van der Waals surface area contributed by atoms with Gasteiger partial charge >= 0.3 is 0 Å². The highest BCUT2D eigenvalue weighted by Crippen LogP contribution is 2.26. The van der Waals surface area contributed by atoms with Crippen LogP contribution in [0.25, 0.3) is 0 Å². The first kappa shape index (κ1) is 12.0. The second kappa shape index (κ2) is 4.77. The smallest absolute Gasteiger partial charge is 0.141 e. The second-order valence-corrected chi connectivity index (χ2v) is 3.94.